The minimum Gasteiger partial charge on any atom is -0.456 e. The van der Waals surface area contributed by atoms with E-state index in [2.05, 4.69) is 5.32 Å². The fraction of sp³-hybridized carbons (Fsp3) is 0.652. The molecule has 0 spiro atoms. The molecule has 1 saturated heterocycles. The zero-order valence-electron chi connectivity index (χ0n) is 18.2. The fourth-order valence-corrected chi connectivity index (χ4v) is 5.76. The molecule has 1 saturated carbocycles. The molecule has 1 amide bonds. The number of piperidine rings is 1. The molecule has 31 heavy (non-hydrogen) atoms. The summed E-state index contributed by atoms with van der Waals surface area (Å²) in [5.41, 5.74) is 0.858. The van der Waals surface area contributed by atoms with Crippen molar-refractivity contribution in [1.29, 1.82) is 0 Å². The third-order valence-electron chi connectivity index (χ3n) is 6.17. The first-order valence-electron chi connectivity index (χ1n) is 11.5. The summed E-state index contributed by atoms with van der Waals surface area (Å²) < 4.78 is 32.0. The van der Waals surface area contributed by atoms with Crippen LogP contribution in [0.5, 0.6) is 0 Å². The third-order valence-corrected chi connectivity index (χ3v) is 8.08. The van der Waals surface area contributed by atoms with Crippen LogP contribution in [0.2, 0.25) is 0 Å². The topological polar surface area (TPSA) is 92.8 Å². The molecule has 7 nitrogen and oxygen atoms in total. The van der Waals surface area contributed by atoms with Crippen molar-refractivity contribution in [3.63, 3.8) is 0 Å². The molecule has 1 N–H and O–H groups in total. The van der Waals surface area contributed by atoms with Crippen LogP contribution in [0.3, 0.4) is 0 Å². The van der Waals surface area contributed by atoms with Crippen LogP contribution in [0.25, 0.3) is 0 Å². The molecule has 8 heteroatoms. The summed E-state index contributed by atoms with van der Waals surface area (Å²) in [4.78, 5) is 24.1. The zero-order chi connectivity index (χ0) is 22.1. The lowest BCUT2D eigenvalue weighted by atomic mass is 9.89. The average molecular weight is 451 g/mol. The first kappa shape index (κ1) is 23.7. The lowest BCUT2D eigenvalue weighted by Crippen LogP contribution is -2.35. The summed E-state index contributed by atoms with van der Waals surface area (Å²) in [6.07, 6.45) is 9.48. The van der Waals surface area contributed by atoms with E-state index in [1.807, 2.05) is 0 Å². The van der Waals surface area contributed by atoms with Gasteiger partial charge in [0.25, 0.3) is 5.91 Å². The number of sulfonamides is 1. The molecule has 0 bridgehead atoms. The second kappa shape index (κ2) is 11.6. The third kappa shape index (κ3) is 7.31. The number of aryl methyl sites for hydroxylation is 1. The van der Waals surface area contributed by atoms with Gasteiger partial charge in [-0.15, -0.1) is 0 Å². The van der Waals surface area contributed by atoms with Crippen molar-refractivity contribution in [3.05, 3.63) is 29.8 Å². The Morgan fingerprint density at radius 1 is 0.968 bits per heavy atom. The summed E-state index contributed by atoms with van der Waals surface area (Å²) in [6.45, 7) is 1.55. The molecule has 172 valence electrons. The van der Waals surface area contributed by atoms with Crippen LogP contribution in [0.4, 0.5) is 0 Å². The van der Waals surface area contributed by atoms with E-state index in [1.54, 1.807) is 28.6 Å². The quantitative estimate of drug-likeness (QED) is 0.584. The zero-order valence-corrected chi connectivity index (χ0v) is 19.0. The molecule has 0 unspecified atom stereocenters. The second-order valence-electron chi connectivity index (χ2n) is 8.58. The molecule has 0 aromatic heterocycles. The summed E-state index contributed by atoms with van der Waals surface area (Å²) in [5, 5.41) is 2.85. The molecule has 0 radical (unpaired) electrons. The van der Waals surface area contributed by atoms with Crippen molar-refractivity contribution in [1.82, 2.24) is 9.62 Å². The number of hydrogen-bond donors (Lipinski definition) is 1. The highest BCUT2D eigenvalue weighted by Crippen LogP contribution is 2.23. The van der Waals surface area contributed by atoms with E-state index in [0.29, 0.717) is 32.0 Å². The Morgan fingerprint density at radius 3 is 2.29 bits per heavy atom. The van der Waals surface area contributed by atoms with Gasteiger partial charge in [-0.05, 0) is 55.7 Å². The lowest BCUT2D eigenvalue weighted by molar-refractivity contribution is -0.148. The first-order chi connectivity index (χ1) is 14.9. The number of benzene rings is 1. The molecule has 1 aromatic rings. The second-order valence-corrected chi connectivity index (χ2v) is 10.5. The van der Waals surface area contributed by atoms with Gasteiger partial charge in [0.1, 0.15) is 0 Å². The minimum absolute atomic E-state index is 0.147. The van der Waals surface area contributed by atoms with E-state index in [4.69, 9.17) is 4.74 Å². The Labute approximate surface area is 185 Å². The number of carbonyl (C=O) groups is 2. The van der Waals surface area contributed by atoms with E-state index >= 15 is 0 Å². The number of carbonyl (C=O) groups excluding carboxylic acids is 2. The largest absolute Gasteiger partial charge is 0.456 e. The molecule has 3 rings (SSSR count). The number of amides is 1. The van der Waals surface area contributed by atoms with Crippen molar-refractivity contribution in [2.45, 2.75) is 69.1 Å². The van der Waals surface area contributed by atoms with Crippen molar-refractivity contribution < 1.29 is 22.7 Å². The van der Waals surface area contributed by atoms with Gasteiger partial charge in [-0.3, -0.25) is 9.59 Å². The van der Waals surface area contributed by atoms with Gasteiger partial charge in [-0.25, -0.2) is 8.42 Å². The lowest BCUT2D eigenvalue weighted by Gasteiger charge is -2.25. The van der Waals surface area contributed by atoms with E-state index in [1.165, 1.54) is 19.3 Å². The molecule has 2 aliphatic rings. The van der Waals surface area contributed by atoms with E-state index < -0.39 is 16.0 Å². The molecular weight excluding hydrogens is 416 g/mol. The monoisotopic (exact) mass is 450 g/mol. The molecule has 1 heterocycles. The molecule has 1 aromatic carbocycles. The Balaban J connectivity index is 1.37. The number of nitrogens with one attached hydrogen (secondary N) is 1. The SMILES string of the molecule is O=C(COC(=O)CCc1ccc(S(=O)(=O)N2CCCCC2)cc1)NCC1CCCCC1. The summed E-state index contributed by atoms with van der Waals surface area (Å²) >= 11 is 0. The maximum atomic E-state index is 12.7. The van der Waals surface area contributed by atoms with E-state index in [9.17, 15) is 18.0 Å². The van der Waals surface area contributed by atoms with E-state index in [0.717, 1.165) is 37.7 Å². The summed E-state index contributed by atoms with van der Waals surface area (Å²) in [7, 11) is -3.44. The van der Waals surface area contributed by atoms with Crippen LogP contribution in [0, 0.1) is 5.92 Å². The number of hydrogen-bond acceptors (Lipinski definition) is 5. The Hall–Kier alpha value is -1.93. The average Bonchev–Trinajstić information content (AvgIpc) is 2.81. The van der Waals surface area contributed by atoms with Crippen LogP contribution >= 0.6 is 0 Å². The molecule has 0 atom stereocenters. The predicted octanol–water partition coefficient (Wildman–Crippen LogP) is 3.03. The van der Waals surface area contributed by atoms with Gasteiger partial charge in [-0.1, -0.05) is 37.8 Å². The van der Waals surface area contributed by atoms with Crippen LogP contribution in [-0.4, -0.2) is 50.8 Å². The minimum atomic E-state index is -3.44. The van der Waals surface area contributed by atoms with Crippen LogP contribution in [0.1, 0.15) is 63.4 Å². The van der Waals surface area contributed by atoms with Gasteiger partial charge >= 0.3 is 5.97 Å². The predicted molar refractivity (Wildman–Crippen MR) is 118 cm³/mol. The highest BCUT2D eigenvalue weighted by atomic mass is 32.2. The molecule has 1 aliphatic carbocycles. The highest BCUT2D eigenvalue weighted by Gasteiger charge is 2.25. The number of esters is 1. The maximum Gasteiger partial charge on any atom is 0.306 e. The Bertz CT molecular complexity index is 826. The van der Waals surface area contributed by atoms with Crippen LogP contribution < -0.4 is 5.32 Å². The standard InChI is InChI=1S/C23H34N2O5S/c26-22(24-17-20-7-3-1-4-8-20)18-30-23(27)14-11-19-9-12-21(13-10-19)31(28,29)25-15-5-2-6-16-25/h9-10,12-13,20H,1-8,11,14-18H2,(H,24,26). The van der Waals surface area contributed by atoms with Gasteiger partial charge in [0.15, 0.2) is 6.61 Å². The highest BCUT2D eigenvalue weighted by molar-refractivity contribution is 7.89. The van der Waals surface area contributed by atoms with Crippen molar-refractivity contribution in [2.24, 2.45) is 5.92 Å². The van der Waals surface area contributed by atoms with Gasteiger partial charge < -0.3 is 10.1 Å². The molecule has 2 fully saturated rings. The van der Waals surface area contributed by atoms with Gasteiger partial charge in [0.2, 0.25) is 10.0 Å². The van der Waals surface area contributed by atoms with Crippen LogP contribution in [0.15, 0.2) is 29.2 Å². The van der Waals surface area contributed by atoms with Gasteiger partial charge in [0.05, 0.1) is 4.90 Å². The maximum absolute atomic E-state index is 12.7. The number of ether oxygens (including phenoxy) is 1. The number of rotatable bonds is 9. The van der Waals surface area contributed by atoms with Crippen LogP contribution in [-0.2, 0) is 30.8 Å². The Morgan fingerprint density at radius 2 is 1.61 bits per heavy atom. The van der Waals surface area contributed by atoms with Crippen molar-refractivity contribution >= 4 is 21.9 Å². The summed E-state index contributed by atoms with van der Waals surface area (Å²) in [5.74, 6) is -0.154. The normalized spacial score (nSPS) is 18.5. The molecular formula is C23H34N2O5S. The van der Waals surface area contributed by atoms with Gasteiger partial charge in [0, 0.05) is 26.1 Å². The molecule has 1 aliphatic heterocycles. The Kier molecular flexibility index (Phi) is 8.90. The number of nitrogens with zero attached hydrogens (tertiary/aromatic N) is 1. The first-order valence-corrected chi connectivity index (χ1v) is 12.9. The summed E-state index contributed by atoms with van der Waals surface area (Å²) in [6, 6.07) is 6.68. The fourth-order valence-electron chi connectivity index (χ4n) is 4.25. The van der Waals surface area contributed by atoms with Crippen molar-refractivity contribution in [3.8, 4) is 0 Å². The van der Waals surface area contributed by atoms with Gasteiger partial charge in [-0.2, -0.15) is 4.31 Å². The van der Waals surface area contributed by atoms with E-state index in [-0.39, 0.29) is 23.8 Å². The van der Waals surface area contributed by atoms with Crippen molar-refractivity contribution in [2.75, 3.05) is 26.2 Å². The smallest absolute Gasteiger partial charge is 0.306 e.